The lowest BCUT2D eigenvalue weighted by atomic mass is 9.99. The lowest BCUT2D eigenvalue weighted by Crippen LogP contribution is -2.50. The zero-order chi connectivity index (χ0) is 11.7. The van der Waals surface area contributed by atoms with E-state index in [1.54, 1.807) is 6.92 Å². The summed E-state index contributed by atoms with van der Waals surface area (Å²) >= 11 is 0. The van der Waals surface area contributed by atoms with Gasteiger partial charge in [-0.05, 0) is 31.8 Å². The molecule has 0 aromatic rings. The molecule has 0 aliphatic heterocycles. The molecule has 6 heteroatoms. The van der Waals surface area contributed by atoms with Gasteiger partial charge < -0.3 is 10.1 Å². The van der Waals surface area contributed by atoms with E-state index in [0.29, 0.717) is 25.9 Å². The van der Waals surface area contributed by atoms with Crippen LogP contribution in [0, 0.1) is 0 Å². The van der Waals surface area contributed by atoms with Crippen LogP contribution in [-0.4, -0.2) is 31.7 Å². The Bertz CT molecular complexity index is 250. The summed E-state index contributed by atoms with van der Waals surface area (Å²) in [6.45, 7) is 4.77. The summed E-state index contributed by atoms with van der Waals surface area (Å²) in [6.07, 6.45) is 1.36. The van der Waals surface area contributed by atoms with E-state index in [1.807, 2.05) is 6.92 Å². The van der Waals surface area contributed by atoms with Gasteiger partial charge in [0.1, 0.15) is 5.54 Å². The van der Waals surface area contributed by atoms with E-state index >= 15 is 0 Å². The molecule has 0 aliphatic rings. The summed E-state index contributed by atoms with van der Waals surface area (Å²) in [5.41, 5.74) is 7.41. The van der Waals surface area contributed by atoms with Crippen molar-refractivity contribution in [1.82, 2.24) is 5.32 Å². The molecule has 1 unspecified atom stereocenters. The topological polar surface area (TPSA) is 87.1 Å². The SMILES string of the molecule is CCC(C)(NCCCN=[N+]=[N-])C(=O)OC. The lowest BCUT2D eigenvalue weighted by molar-refractivity contribution is -0.148. The Labute approximate surface area is 89.6 Å². The zero-order valence-electron chi connectivity index (χ0n) is 9.49. The first-order chi connectivity index (χ1) is 7.10. The van der Waals surface area contributed by atoms with Crippen molar-refractivity contribution in [2.75, 3.05) is 20.2 Å². The number of methoxy groups -OCH3 is 1. The molecule has 0 aromatic carbocycles. The van der Waals surface area contributed by atoms with Gasteiger partial charge in [-0.3, -0.25) is 4.79 Å². The van der Waals surface area contributed by atoms with Crippen molar-refractivity contribution in [3.8, 4) is 0 Å². The maximum Gasteiger partial charge on any atom is 0.325 e. The third-order valence-electron chi connectivity index (χ3n) is 2.36. The fourth-order valence-electron chi connectivity index (χ4n) is 1.13. The second-order valence-corrected chi connectivity index (χ2v) is 3.41. The minimum atomic E-state index is -0.648. The summed E-state index contributed by atoms with van der Waals surface area (Å²) in [5.74, 6) is -0.270. The van der Waals surface area contributed by atoms with E-state index in [2.05, 4.69) is 15.3 Å². The van der Waals surface area contributed by atoms with Gasteiger partial charge in [0.2, 0.25) is 0 Å². The number of ether oxygens (including phenoxy) is 1. The van der Waals surface area contributed by atoms with E-state index in [0.717, 1.165) is 0 Å². The number of nitrogens with zero attached hydrogens (tertiary/aromatic N) is 3. The molecule has 0 aliphatic carbocycles. The molecule has 0 amide bonds. The number of esters is 1. The Kier molecular flexibility index (Phi) is 6.49. The van der Waals surface area contributed by atoms with Crippen molar-refractivity contribution in [1.29, 1.82) is 0 Å². The highest BCUT2D eigenvalue weighted by Gasteiger charge is 2.31. The van der Waals surface area contributed by atoms with Crippen molar-refractivity contribution in [2.45, 2.75) is 32.2 Å². The highest BCUT2D eigenvalue weighted by atomic mass is 16.5. The minimum absolute atomic E-state index is 0.270. The predicted octanol–water partition coefficient (Wildman–Crippen LogP) is 1.62. The molecule has 0 radical (unpaired) electrons. The van der Waals surface area contributed by atoms with Gasteiger partial charge >= 0.3 is 5.97 Å². The number of nitrogens with one attached hydrogen (secondary N) is 1. The predicted molar refractivity (Wildman–Crippen MR) is 57.3 cm³/mol. The molecule has 1 atom stereocenters. The largest absolute Gasteiger partial charge is 0.468 e. The fourth-order valence-corrected chi connectivity index (χ4v) is 1.13. The number of carbonyl (C=O) groups is 1. The molecule has 0 spiro atoms. The summed E-state index contributed by atoms with van der Waals surface area (Å²) in [7, 11) is 1.37. The van der Waals surface area contributed by atoms with Gasteiger partial charge in [-0.2, -0.15) is 0 Å². The second-order valence-electron chi connectivity index (χ2n) is 3.41. The smallest absolute Gasteiger partial charge is 0.325 e. The number of azide groups is 1. The van der Waals surface area contributed by atoms with Crippen LogP contribution in [0.1, 0.15) is 26.7 Å². The Morgan fingerprint density at radius 2 is 2.33 bits per heavy atom. The average molecular weight is 214 g/mol. The molecule has 0 saturated heterocycles. The monoisotopic (exact) mass is 214 g/mol. The van der Waals surface area contributed by atoms with Gasteiger partial charge in [-0.25, -0.2) is 0 Å². The number of carbonyl (C=O) groups excluding carboxylic acids is 1. The Morgan fingerprint density at radius 3 is 2.80 bits per heavy atom. The Morgan fingerprint density at radius 1 is 1.67 bits per heavy atom. The van der Waals surface area contributed by atoms with Crippen LogP contribution in [0.2, 0.25) is 0 Å². The Balaban J connectivity index is 3.98. The van der Waals surface area contributed by atoms with Crippen molar-refractivity contribution in [2.24, 2.45) is 5.11 Å². The molecule has 86 valence electrons. The number of rotatable bonds is 7. The van der Waals surface area contributed by atoms with E-state index in [1.165, 1.54) is 7.11 Å². The molecule has 0 aromatic heterocycles. The standard InChI is InChI=1S/C9H18N4O2/c1-4-9(2,8(14)15-3)11-6-5-7-12-13-10/h11H,4-7H2,1-3H3. The number of hydrogen-bond donors (Lipinski definition) is 1. The van der Waals surface area contributed by atoms with Crippen molar-refractivity contribution < 1.29 is 9.53 Å². The molecule has 0 fully saturated rings. The third kappa shape index (κ3) is 4.67. The third-order valence-corrected chi connectivity index (χ3v) is 2.36. The van der Waals surface area contributed by atoms with Crippen molar-refractivity contribution in [3.63, 3.8) is 0 Å². The zero-order valence-corrected chi connectivity index (χ0v) is 9.49. The maximum absolute atomic E-state index is 11.4. The van der Waals surface area contributed by atoms with Gasteiger partial charge in [0.15, 0.2) is 0 Å². The van der Waals surface area contributed by atoms with Gasteiger partial charge in [-0.15, -0.1) is 0 Å². The molecule has 0 heterocycles. The highest BCUT2D eigenvalue weighted by molar-refractivity contribution is 5.80. The quantitative estimate of drug-likeness (QED) is 0.229. The second kappa shape index (κ2) is 7.09. The summed E-state index contributed by atoms with van der Waals surface area (Å²) < 4.78 is 4.70. The Hall–Kier alpha value is -1.26. The molecular formula is C9H18N4O2. The molecule has 6 nitrogen and oxygen atoms in total. The molecule has 0 rings (SSSR count). The first-order valence-corrected chi connectivity index (χ1v) is 4.95. The molecule has 0 bridgehead atoms. The van der Waals surface area contributed by atoms with Crippen LogP contribution in [0.3, 0.4) is 0 Å². The van der Waals surface area contributed by atoms with Crippen molar-refractivity contribution in [3.05, 3.63) is 10.4 Å². The fraction of sp³-hybridized carbons (Fsp3) is 0.889. The van der Waals surface area contributed by atoms with E-state index in [9.17, 15) is 4.79 Å². The minimum Gasteiger partial charge on any atom is -0.468 e. The van der Waals surface area contributed by atoms with Gasteiger partial charge in [-0.1, -0.05) is 12.0 Å². The van der Waals surface area contributed by atoms with Crippen LogP contribution in [0.4, 0.5) is 0 Å². The summed E-state index contributed by atoms with van der Waals surface area (Å²) in [5, 5.41) is 6.50. The summed E-state index contributed by atoms with van der Waals surface area (Å²) in [4.78, 5) is 14.1. The highest BCUT2D eigenvalue weighted by Crippen LogP contribution is 2.10. The van der Waals surface area contributed by atoms with Gasteiger partial charge in [0.25, 0.3) is 0 Å². The van der Waals surface area contributed by atoms with Gasteiger partial charge in [0, 0.05) is 11.5 Å². The van der Waals surface area contributed by atoms with E-state index < -0.39 is 5.54 Å². The van der Waals surface area contributed by atoms with Gasteiger partial charge in [0.05, 0.1) is 7.11 Å². The van der Waals surface area contributed by atoms with Crippen LogP contribution in [0.5, 0.6) is 0 Å². The van der Waals surface area contributed by atoms with Crippen LogP contribution in [0.25, 0.3) is 10.4 Å². The molecular weight excluding hydrogens is 196 g/mol. The average Bonchev–Trinajstić information content (AvgIpc) is 2.27. The molecule has 0 saturated carbocycles. The van der Waals surface area contributed by atoms with Crippen LogP contribution >= 0.6 is 0 Å². The van der Waals surface area contributed by atoms with Crippen LogP contribution in [0.15, 0.2) is 5.11 Å². The first kappa shape index (κ1) is 13.7. The lowest BCUT2D eigenvalue weighted by Gasteiger charge is -2.26. The normalized spacial score (nSPS) is 13.8. The van der Waals surface area contributed by atoms with Crippen LogP contribution < -0.4 is 5.32 Å². The summed E-state index contributed by atoms with van der Waals surface area (Å²) in [6, 6.07) is 0. The van der Waals surface area contributed by atoms with E-state index in [4.69, 9.17) is 10.3 Å². The maximum atomic E-state index is 11.4. The van der Waals surface area contributed by atoms with Crippen LogP contribution in [-0.2, 0) is 9.53 Å². The van der Waals surface area contributed by atoms with E-state index in [-0.39, 0.29) is 5.97 Å². The molecule has 15 heavy (non-hydrogen) atoms. The molecule has 1 N–H and O–H groups in total. The first-order valence-electron chi connectivity index (χ1n) is 4.95. The number of hydrogen-bond acceptors (Lipinski definition) is 4. The van der Waals surface area contributed by atoms with Crippen molar-refractivity contribution >= 4 is 5.97 Å².